The molecule has 32 heavy (non-hydrogen) atoms. The molecule has 2 N–H and O–H groups in total. The summed E-state index contributed by atoms with van der Waals surface area (Å²) >= 11 is 0. The molecule has 0 unspecified atom stereocenters. The van der Waals surface area contributed by atoms with E-state index in [1.807, 2.05) is 18.2 Å². The van der Waals surface area contributed by atoms with Gasteiger partial charge in [-0.1, -0.05) is 36.4 Å². The molecule has 1 saturated heterocycles. The first kappa shape index (κ1) is 24.1. The molecule has 174 valence electrons. The molecule has 5 nitrogen and oxygen atoms in total. The van der Waals surface area contributed by atoms with E-state index in [1.165, 1.54) is 17.7 Å². The summed E-state index contributed by atoms with van der Waals surface area (Å²) in [5.74, 6) is -0.213. The number of rotatable bonds is 9. The predicted octanol–water partition coefficient (Wildman–Crippen LogP) is 3.37. The number of alkyl halides is 3. The van der Waals surface area contributed by atoms with Crippen molar-refractivity contribution in [1.82, 2.24) is 10.2 Å². The second kappa shape index (κ2) is 11.3. The van der Waals surface area contributed by atoms with E-state index in [4.69, 9.17) is 9.84 Å². The van der Waals surface area contributed by atoms with E-state index in [-0.39, 0.29) is 43.3 Å². The van der Waals surface area contributed by atoms with E-state index in [2.05, 4.69) is 22.3 Å². The Morgan fingerprint density at radius 1 is 1.12 bits per heavy atom. The van der Waals surface area contributed by atoms with Crippen LogP contribution in [-0.4, -0.2) is 55.3 Å². The molecule has 2 aromatic carbocycles. The van der Waals surface area contributed by atoms with Gasteiger partial charge in [0, 0.05) is 32.1 Å². The lowest BCUT2D eigenvalue weighted by Gasteiger charge is -2.37. The SMILES string of the molecule is O=C(NCCO)[C@@H]1C[C@H](COc2cccc(C(F)(F)F)c2)CN(CCc2ccccc2)C1. The summed E-state index contributed by atoms with van der Waals surface area (Å²) in [5, 5.41) is 11.7. The molecule has 2 atom stereocenters. The predicted molar refractivity (Wildman–Crippen MR) is 115 cm³/mol. The normalized spacial score (nSPS) is 19.5. The van der Waals surface area contributed by atoms with Gasteiger partial charge < -0.3 is 20.1 Å². The van der Waals surface area contributed by atoms with E-state index in [0.29, 0.717) is 19.5 Å². The Kier molecular flexibility index (Phi) is 8.53. The number of hydrogen-bond donors (Lipinski definition) is 2. The highest BCUT2D eigenvalue weighted by atomic mass is 19.4. The van der Waals surface area contributed by atoms with Crippen molar-refractivity contribution >= 4 is 5.91 Å². The number of halogens is 3. The molecule has 0 aromatic heterocycles. The third-order valence-electron chi connectivity index (χ3n) is 5.60. The fourth-order valence-electron chi connectivity index (χ4n) is 4.03. The summed E-state index contributed by atoms with van der Waals surface area (Å²) < 4.78 is 44.6. The zero-order valence-electron chi connectivity index (χ0n) is 17.9. The summed E-state index contributed by atoms with van der Waals surface area (Å²) in [4.78, 5) is 14.7. The van der Waals surface area contributed by atoms with Crippen LogP contribution in [0.5, 0.6) is 5.75 Å². The van der Waals surface area contributed by atoms with Gasteiger partial charge >= 0.3 is 6.18 Å². The van der Waals surface area contributed by atoms with Crippen molar-refractivity contribution in [3.05, 3.63) is 65.7 Å². The Hall–Kier alpha value is -2.58. The molecule has 1 fully saturated rings. The third-order valence-corrected chi connectivity index (χ3v) is 5.60. The van der Waals surface area contributed by atoms with Crippen molar-refractivity contribution in [2.45, 2.75) is 19.0 Å². The Morgan fingerprint density at radius 3 is 2.62 bits per heavy atom. The van der Waals surface area contributed by atoms with Gasteiger partial charge in [-0.25, -0.2) is 0 Å². The van der Waals surface area contributed by atoms with Crippen LogP contribution < -0.4 is 10.1 Å². The number of carbonyl (C=O) groups is 1. The number of aliphatic hydroxyl groups is 1. The first-order valence-electron chi connectivity index (χ1n) is 10.8. The highest BCUT2D eigenvalue weighted by Gasteiger charge is 2.33. The Labute approximate surface area is 186 Å². The van der Waals surface area contributed by atoms with E-state index in [9.17, 15) is 18.0 Å². The molecule has 8 heteroatoms. The number of benzene rings is 2. The fraction of sp³-hybridized carbons (Fsp3) is 0.458. The van der Waals surface area contributed by atoms with Gasteiger partial charge in [-0.15, -0.1) is 0 Å². The average Bonchev–Trinajstić information content (AvgIpc) is 2.80. The number of ether oxygens (including phenoxy) is 1. The molecule has 0 radical (unpaired) electrons. The third kappa shape index (κ3) is 7.24. The molecular weight excluding hydrogens is 421 g/mol. The maximum absolute atomic E-state index is 13.0. The number of likely N-dealkylation sites (tertiary alicyclic amines) is 1. The maximum atomic E-state index is 13.0. The van der Waals surface area contributed by atoms with Gasteiger partial charge in [0.15, 0.2) is 0 Å². The standard InChI is InChI=1S/C24H29F3N2O3/c25-24(26,27)21-7-4-8-22(14-21)32-17-19-13-20(23(31)28-10-12-30)16-29(15-19)11-9-18-5-2-1-3-6-18/h1-8,14,19-20,30H,9-13,15-17H2,(H,28,31)/t19-,20+/m0/s1. The van der Waals surface area contributed by atoms with Crippen LogP contribution in [0, 0.1) is 11.8 Å². The lowest BCUT2D eigenvalue weighted by atomic mass is 9.88. The van der Waals surface area contributed by atoms with Crippen molar-refractivity contribution < 1.29 is 27.8 Å². The molecular formula is C24H29F3N2O3. The number of nitrogens with zero attached hydrogens (tertiary/aromatic N) is 1. The molecule has 3 rings (SSSR count). The van der Waals surface area contributed by atoms with Gasteiger partial charge in [0.2, 0.25) is 5.91 Å². The highest BCUT2D eigenvalue weighted by Crippen LogP contribution is 2.32. The van der Waals surface area contributed by atoms with Crippen molar-refractivity contribution in [1.29, 1.82) is 0 Å². The minimum absolute atomic E-state index is 0.000979. The molecule has 0 saturated carbocycles. The molecule has 0 aliphatic carbocycles. The number of amides is 1. The summed E-state index contributed by atoms with van der Waals surface area (Å²) in [6.07, 6.45) is -3.00. The number of piperidine rings is 1. The lowest BCUT2D eigenvalue weighted by molar-refractivity contribution is -0.137. The second-order valence-corrected chi connectivity index (χ2v) is 8.15. The van der Waals surface area contributed by atoms with Crippen LogP contribution in [0.3, 0.4) is 0 Å². The topological polar surface area (TPSA) is 61.8 Å². The zero-order chi connectivity index (χ0) is 23.0. The van der Waals surface area contributed by atoms with Gasteiger partial charge in [0.05, 0.1) is 24.7 Å². The van der Waals surface area contributed by atoms with Crippen molar-refractivity contribution in [2.75, 3.05) is 39.4 Å². The average molecular weight is 451 g/mol. The first-order chi connectivity index (χ1) is 15.3. The van der Waals surface area contributed by atoms with Crippen LogP contribution in [0.25, 0.3) is 0 Å². The Morgan fingerprint density at radius 2 is 1.91 bits per heavy atom. The molecule has 1 aliphatic rings. The Balaban J connectivity index is 1.63. The second-order valence-electron chi connectivity index (χ2n) is 8.15. The van der Waals surface area contributed by atoms with Gasteiger partial charge in [-0.2, -0.15) is 13.2 Å². The largest absolute Gasteiger partial charge is 0.493 e. The summed E-state index contributed by atoms with van der Waals surface area (Å²) in [6.45, 7) is 2.38. The van der Waals surface area contributed by atoms with E-state index < -0.39 is 11.7 Å². The van der Waals surface area contributed by atoms with Crippen LogP contribution in [0.15, 0.2) is 54.6 Å². The maximum Gasteiger partial charge on any atom is 0.416 e. The smallest absolute Gasteiger partial charge is 0.416 e. The van der Waals surface area contributed by atoms with Crippen LogP contribution >= 0.6 is 0 Å². The summed E-state index contributed by atoms with van der Waals surface area (Å²) in [6, 6.07) is 14.9. The summed E-state index contributed by atoms with van der Waals surface area (Å²) in [7, 11) is 0. The highest BCUT2D eigenvalue weighted by molar-refractivity contribution is 5.79. The zero-order valence-corrected chi connectivity index (χ0v) is 17.9. The van der Waals surface area contributed by atoms with Crippen LogP contribution in [0.4, 0.5) is 13.2 Å². The van der Waals surface area contributed by atoms with E-state index in [0.717, 1.165) is 25.1 Å². The van der Waals surface area contributed by atoms with E-state index >= 15 is 0 Å². The molecule has 0 bridgehead atoms. The van der Waals surface area contributed by atoms with Gasteiger partial charge in [-0.3, -0.25) is 4.79 Å². The first-order valence-corrected chi connectivity index (χ1v) is 10.8. The molecule has 1 aliphatic heterocycles. The number of aliphatic hydroxyl groups excluding tert-OH is 1. The van der Waals surface area contributed by atoms with E-state index in [1.54, 1.807) is 0 Å². The fourth-order valence-corrected chi connectivity index (χ4v) is 4.03. The van der Waals surface area contributed by atoms with Crippen molar-refractivity contribution in [3.63, 3.8) is 0 Å². The minimum Gasteiger partial charge on any atom is -0.493 e. The molecule has 1 amide bonds. The van der Waals surface area contributed by atoms with Gasteiger partial charge in [0.25, 0.3) is 0 Å². The molecule has 1 heterocycles. The van der Waals surface area contributed by atoms with Crippen LogP contribution in [0.1, 0.15) is 17.5 Å². The number of hydrogen-bond acceptors (Lipinski definition) is 4. The van der Waals surface area contributed by atoms with Gasteiger partial charge in [0.1, 0.15) is 5.75 Å². The Bertz CT molecular complexity index is 861. The number of carbonyl (C=O) groups excluding carboxylic acids is 1. The van der Waals surface area contributed by atoms with Crippen molar-refractivity contribution in [3.8, 4) is 5.75 Å². The summed E-state index contributed by atoms with van der Waals surface area (Å²) in [5.41, 5.74) is 0.459. The van der Waals surface area contributed by atoms with Crippen molar-refractivity contribution in [2.24, 2.45) is 11.8 Å². The van der Waals surface area contributed by atoms with Crippen LogP contribution in [0.2, 0.25) is 0 Å². The quantitative estimate of drug-likeness (QED) is 0.615. The molecule has 0 spiro atoms. The lowest BCUT2D eigenvalue weighted by Crippen LogP contribution is -2.48. The monoisotopic (exact) mass is 450 g/mol. The number of nitrogens with one attached hydrogen (secondary N) is 1. The molecule has 2 aromatic rings. The van der Waals surface area contributed by atoms with Crippen LogP contribution in [-0.2, 0) is 17.4 Å². The van der Waals surface area contributed by atoms with Gasteiger partial charge in [-0.05, 0) is 36.6 Å². The minimum atomic E-state index is -4.42.